The molecule has 32 heavy (non-hydrogen) atoms. The molecule has 2 aromatic carbocycles. The van der Waals surface area contributed by atoms with Gasteiger partial charge in [-0.3, -0.25) is 14.7 Å². The second kappa shape index (κ2) is 11.1. The molecule has 0 bridgehead atoms. The second-order valence-electron chi connectivity index (χ2n) is 8.94. The molecule has 1 aliphatic heterocycles. The standard InChI is InChI=1S/C28H33N3O/c1-23-8-5-6-12-27(23)22-30-16-13-25(14-17-30)20-31(21-26-11-7-15-29-19-26)28(32)18-24-9-3-2-4-10-24/h2-12,15,19,25H,13-14,16-18,20-22H2,1H3. The number of likely N-dealkylation sites (tertiary alicyclic amines) is 1. The summed E-state index contributed by atoms with van der Waals surface area (Å²) in [6.07, 6.45) is 6.37. The van der Waals surface area contributed by atoms with Crippen molar-refractivity contribution in [1.82, 2.24) is 14.8 Å². The molecule has 1 fully saturated rings. The molecular weight excluding hydrogens is 394 g/mol. The van der Waals surface area contributed by atoms with Crippen LogP contribution in [-0.2, 0) is 24.3 Å². The normalized spacial score (nSPS) is 14.9. The third kappa shape index (κ3) is 6.27. The summed E-state index contributed by atoms with van der Waals surface area (Å²) in [6.45, 7) is 6.84. The molecule has 1 aromatic heterocycles. The molecule has 1 saturated heterocycles. The zero-order valence-electron chi connectivity index (χ0n) is 19.0. The monoisotopic (exact) mass is 427 g/mol. The topological polar surface area (TPSA) is 36.4 Å². The summed E-state index contributed by atoms with van der Waals surface area (Å²) in [6, 6.07) is 22.7. The molecule has 4 nitrogen and oxygen atoms in total. The quantitative estimate of drug-likeness (QED) is 0.514. The number of nitrogens with zero attached hydrogens (tertiary/aromatic N) is 3. The average molecular weight is 428 g/mol. The Morgan fingerprint density at radius 1 is 0.969 bits per heavy atom. The largest absolute Gasteiger partial charge is 0.338 e. The summed E-state index contributed by atoms with van der Waals surface area (Å²) in [4.78, 5) is 22.1. The molecule has 0 saturated carbocycles. The fourth-order valence-corrected chi connectivity index (χ4v) is 4.52. The Bertz CT molecular complexity index is 982. The van der Waals surface area contributed by atoms with E-state index in [1.807, 2.05) is 47.5 Å². The van der Waals surface area contributed by atoms with Gasteiger partial charge in [0.15, 0.2) is 0 Å². The van der Waals surface area contributed by atoms with Crippen molar-refractivity contribution in [1.29, 1.82) is 0 Å². The van der Waals surface area contributed by atoms with Crippen molar-refractivity contribution < 1.29 is 4.79 Å². The highest BCUT2D eigenvalue weighted by atomic mass is 16.2. The van der Waals surface area contributed by atoms with Crippen LogP contribution >= 0.6 is 0 Å². The number of hydrogen-bond acceptors (Lipinski definition) is 3. The first-order valence-corrected chi connectivity index (χ1v) is 11.6. The molecule has 0 atom stereocenters. The summed E-state index contributed by atoms with van der Waals surface area (Å²) in [5, 5.41) is 0. The van der Waals surface area contributed by atoms with Crippen molar-refractivity contribution in [2.24, 2.45) is 5.92 Å². The lowest BCUT2D eigenvalue weighted by Crippen LogP contribution is -2.41. The van der Waals surface area contributed by atoms with Crippen LogP contribution in [0.4, 0.5) is 0 Å². The Hall–Kier alpha value is -2.98. The zero-order valence-corrected chi connectivity index (χ0v) is 19.0. The smallest absolute Gasteiger partial charge is 0.227 e. The van der Waals surface area contributed by atoms with E-state index in [4.69, 9.17) is 0 Å². The third-order valence-corrected chi connectivity index (χ3v) is 6.49. The van der Waals surface area contributed by atoms with Crippen LogP contribution in [0, 0.1) is 12.8 Å². The van der Waals surface area contributed by atoms with E-state index in [0.29, 0.717) is 18.9 Å². The van der Waals surface area contributed by atoms with E-state index in [1.165, 1.54) is 11.1 Å². The molecule has 3 aromatic rings. The maximum Gasteiger partial charge on any atom is 0.227 e. The molecule has 4 heteroatoms. The van der Waals surface area contributed by atoms with Gasteiger partial charge >= 0.3 is 0 Å². The summed E-state index contributed by atoms with van der Waals surface area (Å²) in [5.41, 5.74) is 4.94. The predicted octanol–water partition coefficient (Wildman–Crippen LogP) is 4.87. The summed E-state index contributed by atoms with van der Waals surface area (Å²) < 4.78 is 0. The van der Waals surface area contributed by atoms with E-state index in [-0.39, 0.29) is 5.91 Å². The van der Waals surface area contributed by atoms with Gasteiger partial charge in [0.25, 0.3) is 0 Å². The molecule has 2 heterocycles. The van der Waals surface area contributed by atoms with Gasteiger partial charge in [0.1, 0.15) is 0 Å². The van der Waals surface area contributed by atoms with E-state index >= 15 is 0 Å². The molecule has 0 N–H and O–H groups in total. The Morgan fingerprint density at radius 3 is 2.41 bits per heavy atom. The van der Waals surface area contributed by atoms with E-state index in [1.54, 1.807) is 6.20 Å². The summed E-state index contributed by atoms with van der Waals surface area (Å²) in [5.74, 6) is 0.738. The van der Waals surface area contributed by atoms with Crippen LogP contribution in [0.15, 0.2) is 79.1 Å². The first-order chi connectivity index (χ1) is 15.7. The lowest BCUT2D eigenvalue weighted by atomic mass is 9.95. The fourth-order valence-electron chi connectivity index (χ4n) is 4.52. The molecule has 1 aliphatic rings. The highest BCUT2D eigenvalue weighted by molar-refractivity contribution is 5.78. The molecule has 166 valence electrons. The molecular formula is C28H33N3O. The van der Waals surface area contributed by atoms with Crippen molar-refractivity contribution in [2.75, 3.05) is 19.6 Å². The lowest BCUT2D eigenvalue weighted by Gasteiger charge is -2.35. The van der Waals surface area contributed by atoms with Crippen LogP contribution in [0.25, 0.3) is 0 Å². The average Bonchev–Trinajstić information content (AvgIpc) is 2.82. The number of aromatic nitrogens is 1. The van der Waals surface area contributed by atoms with Crippen LogP contribution in [0.1, 0.15) is 35.1 Å². The van der Waals surface area contributed by atoms with Crippen LogP contribution < -0.4 is 0 Å². The van der Waals surface area contributed by atoms with Crippen molar-refractivity contribution in [3.63, 3.8) is 0 Å². The van der Waals surface area contributed by atoms with Crippen LogP contribution in [0.2, 0.25) is 0 Å². The van der Waals surface area contributed by atoms with Gasteiger partial charge in [0.2, 0.25) is 5.91 Å². The maximum atomic E-state index is 13.2. The lowest BCUT2D eigenvalue weighted by molar-refractivity contribution is -0.132. The van der Waals surface area contributed by atoms with Gasteiger partial charge in [-0.15, -0.1) is 0 Å². The summed E-state index contributed by atoms with van der Waals surface area (Å²) in [7, 11) is 0. The Morgan fingerprint density at radius 2 is 1.69 bits per heavy atom. The number of aryl methyl sites for hydroxylation is 1. The first-order valence-electron chi connectivity index (χ1n) is 11.6. The van der Waals surface area contributed by atoms with Crippen molar-refractivity contribution in [3.8, 4) is 0 Å². The van der Waals surface area contributed by atoms with Crippen LogP contribution in [0.5, 0.6) is 0 Å². The minimum atomic E-state index is 0.197. The van der Waals surface area contributed by atoms with E-state index in [2.05, 4.69) is 47.1 Å². The number of carbonyl (C=O) groups excluding carboxylic acids is 1. The van der Waals surface area contributed by atoms with Crippen molar-refractivity contribution >= 4 is 5.91 Å². The van der Waals surface area contributed by atoms with E-state index in [0.717, 1.165) is 50.1 Å². The van der Waals surface area contributed by atoms with E-state index < -0.39 is 0 Å². The van der Waals surface area contributed by atoms with Crippen LogP contribution in [0.3, 0.4) is 0 Å². The van der Waals surface area contributed by atoms with Gasteiger partial charge in [0, 0.05) is 32.0 Å². The number of benzene rings is 2. The maximum absolute atomic E-state index is 13.2. The number of rotatable bonds is 8. The molecule has 0 unspecified atom stereocenters. The number of pyridine rings is 1. The fraction of sp³-hybridized carbons (Fsp3) is 0.357. The van der Waals surface area contributed by atoms with Gasteiger partial charge in [-0.2, -0.15) is 0 Å². The van der Waals surface area contributed by atoms with Gasteiger partial charge in [-0.05, 0) is 67.1 Å². The molecule has 1 amide bonds. The van der Waals surface area contributed by atoms with Gasteiger partial charge in [-0.1, -0.05) is 60.7 Å². The van der Waals surface area contributed by atoms with Crippen LogP contribution in [-0.4, -0.2) is 40.3 Å². The minimum absolute atomic E-state index is 0.197. The van der Waals surface area contributed by atoms with Gasteiger partial charge in [-0.25, -0.2) is 0 Å². The second-order valence-corrected chi connectivity index (χ2v) is 8.94. The Labute approximate surface area is 191 Å². The van der Waals surface area contributed by atoms with Crippen molar-refractivity contribution in [2.45, 2.75) is 39.3 Å². The van der Waals surface area contributed by atoms with Gasteiger partial charge in [0.05, 0.1) is 6.42 Å². The van der Waals surface area contributed by atoms with Crippen molar-refractivity contribution in [3.05, 3.63) is 101 Å². The number of hydrogen-bond donors (Lipinski definition) is 0. The number of piperidine rings is 1. The first kappa shape index (κ1) is 22.2. The number of carbonyl (C=O) groups is 1. The molecule has 4 rings (SSSR count). The third-order valence-electron chi connectivity index (χ3n) is 6.49. The Kier molecular flexibility index (Phi) is 7.68. The molecule has 0 spiro atoms. The van der Waals surface area contributed by atoms with E-state index in [9.17, 15) is 4.79 Å². The Balaban J connectivity index is 1.36. The zero-order chi connectivity index (χ0) is 22.2. The highest BCUT2D eigenvalue weighted by Crippen LogP contribution is 2.22. The summed E-state index contributed by atoms with van der Waals surface area (Å²) >= 11 is 0. The molecule has 0 radical (unpaired) electrons. The molecule has 0 aliphatic carbocycles. The highest BCUT2D eigenvalue weighted by Gasteiger charge is 2.24. The predicted molar refractivity (Wildman–Crippen MR) is 129 cm³/mol. The minimum Gasteiger partial charge on any atom is -0.338 e. The number of amides is 1. The SMILES string of the molecule is Cc1ccccc1CN1CCC(CN(Cc2cccnc2)C(=O)Cc2ccccc2)CC1. The van der Waals surface area contributed by atoms with Gasteiger partial charge < -0.3 is 4.90 Å².